The standard InChI is InChI=1S/C48H40N2S2/c1-7-25-49(26-8-1)31-21-23-35-41(29-31)45(39-17-11-15-37-33-13-3-5-19-43(33)51-47(37)39)36-24-22-32(50-27-9-2-10-28-50)30-42(36)46(35)40-18-12-16-38-34-14-4-6-20-44(34)52-48(38)40/h3-6,11-24,29-30H,1-2,7-10,25-28H2. The molecule has 0 bridgehead atoms. The van der Waals surface area contributed by atoms with Crippen LogP contribution in [0.15, 0.2) is 121 Å². The number of rotatable bonds is 4. The van der Waals surface area contributed by atoms with Gasteiger partial charge in [-0.25, -0.2) is 0 Å². The zero-order valence-electron chi connectivity index (χ0n) is 29.3. The van der Waals surface area contributed by atoms with Crippen LogP contribution in [0.25, 0.3) is 84.1 Å². The summed E-state index contributed by atoms with van der Waals surface area (Å²) < 4.78 is 5.48. The van der Waals surface area contributed by atoms with E-state index in [4.69, 9.17) is 0 Å². The molecule has 4 heteroatoms. The Morgan fingerprint density at radius 2 is 0.769 bits per heavy atom. The molecule has 2 nitrogen and oxygen atoms in total. The zero-order valence-corrected chi connectivity index (χ0v) is 31.0. The van der Waals surface area contributed by atoms with Crippen molar-refractivity contribution < 1.29 is 0 Å². The zero-order chi connectivity index (χ0) is 34.2. The molecule has 2 fully saturated rings. The van der Waals surface area contributed by atoms with Gasteiger partial charge in [-0.1, -0.05) is 84.9 Å². The third-order valence-corrected chi connectivity index (χ3v) is 14.3. The van der Waals surface area contributed by atoms with E-state index in [1.807, 2.05) is 22.7 Å². The van der Waals surface area contributed by atoms with Gasteiger partial charge >= 0.3 is 0 Å². The lowest BCUT2D eigenvalue weighted by Gasteiger charge is -2.30. The van der Waals surface area contributed by atoms with Crippen LogP contribution in [0.4, 0.5) is 11.4 Å². The first kappa shape index (κ1) is 30.7. The Kier molecular flexibility index (Phi) is 7.30. The SMILES string of the molecule is c1ccc2c(c1)sc1c(-c3c4ccc(N5CCCCC5)cc4c(-c4cccc5c4sc4ccccc45)c4ccc(N5CCCCC5)cc34)cccc12. The average molecular weight is 709 g/mol. The summed E-state index contributed by atoms with van der Waals surface area (Å²) in [5.41, 5.74) is 8.15. The minimum absolute atomic E-state index is 1.13. The fourth-order valence-corrected chi connectivity index (χ4v) is 11.8. The molecule has 0 aliphatic carbocycles. The molecule has 0 spiro atoms. The van der Waals surface area contributed by atoms with Crippen LogP contribution < -0.4 is 9.80 Å². The number of anilines is 2. The minimum atomic E-state index is 1.13. The summed E-state index contributed by atoms with van der Waals surface area (Å²) in [4.78, 5) is 5.26. The van der Waals surface area contributed by atoms with Gasteiger partial charge in [-0.3, -0.25) is 0 Å². The molecule has 2 aromatic heterocycles. The highest BCUT2D eigenvalue weighted by atomic mass is 32.1. The first-order valence-corrected chi connectivity index (χ1v) is 20.8. The van der Waals surface area contributed by atoms with Crippen LogP contribution in [-0.2, 0) is 0 Å². The van der Waals surface area contributed by atoms with Crippen LogP contribution in [-0.4, -0.2) is 26.2 Å². The van der Waals surface area contributed by atoms with Crippen LogP contribution in [0.3, 0.4) is 0 Å². The van der Waals surface area contributed by atoms with Crippen molar-refractivity contribution in [2.45, 2.75) is 38.5 Å². The lowest BCUT2D eigenvalue weighted by atomic mass is 9.84. The van der Waals surface area contributed by atoms with Gasteiger partial charge in [0, 0.05) is 89.0 Å². The molecule has 0 amide bonds. The van der Waals surface area contributed by atoms with E-state index in [2.05, 4.69) is 131 Å². The average Bonchev–Trinajstić information content (AvgIpc) is 3.79. The molecule has 2 aliphatic rings. The molecule has 11 rings (SSSR count). The highest BCUT2D eigenvalue weighted by Gasteiger charge is 2.24. The summed E-state index contributed by atoms with van der Waals surface area (Å²) in [5.74, 6) is 0. The molecule has 0 saturated carbocycles. The number of hydrogen-bond acceptors (Lipinski definition) is 4. The summed E-state index contributed by atoms with van der Waals surface area (Å²) in [5, 5.41) is 10.8. The van der Waals surface area contributed by atoms with E-state index >= 15 is 0 Å². The molecule has 4 heterocycles. The number of thiophene rings is 2. The molecule has 2 aliphatic heterocycles. The van der Waals surface area contributed by atoms with Crippen molar-refractivity contribution >= 4 is 95.9 Å². The molecule has 0 N–H and O–H groups in total. The van der Waals surface area contributed by atoms with Gasteiger partial charge < -0.3 is 9.80 Å². The fraction of sp³-hybridized carbons (Fsp3) is 0.208. The molecule has 0 atom stereocenters. The predicted octanol–water partition coefficient (Wildman–Crippen LogP) is 14.0. The molecule has 2 saturated heterocycles. The van der Waals surface area contributed by atoms with Gasteiger partial charge in [0.05, 0.1) is 0 Å². The van der Waals surface area contributed by atoms with Crippen molar-refractivity contribution in [3.05, 3.63) is 121 Å². The predicted molar refractivity (Wildman–Crippen MR) is 230 cm³/mol. The largest absolute Gasteiger partial charge is 0.372 e. The molecule has 9 aromatic rings. The van der Waals surface area contributed by atoms with Gasteiger partial charge in [0.25, 0.3) is 0 Å². The number of piperidine rings is 2. The van der Waals surface area contributed by atoms with E-state index in [9.17, 15) is 0 Å². The summed E-state index contributed by atoms with van der Waals surface area (Å²) in [6, 6.07) is 46.8. The first-order chi connectivity index (χ1) is 25.8. The van der Waals surface area contributed by atoms with E-state index in [1.165, 1.54) is 134 Å². The Bertz CT molecular complexity index is 2630. The van der Waals surface area contributed by atoms with Crippen LogP contribution in [0, 0.1) is 0 Å². The monoisotopic (exact) mass is 708 g/mol. The van der Waals surface area contributed by atoms with E-state index in [0.29, 0.717) is 0 Å². The van der Waals surface area contributed by atoms with E-state index in [1.54, 1.807) is 0 Å². The Morgan fingerprint density at radius 1 is 0.346 bits per heavy atom. The van der Waals surface area contributed by atoms with Crippen LogP contribution in [0.1, 0.15) is 38.5 Å². The second-order valence-corrected chi connectivity index (χ2v) is 17.0. The number of fused-ring (bicyclic) bond motifs is 8. The normalized spacial score (nSPS) is 15.6. The second kappa shape index (κ2) is 12.4. The van der Waals surface area contributed by atoms with Crippen molar-refractivity contribution in [2.24, 2.45) is 0 Å². The van der Waals surface area contributed by atoms with Gasteiger partial charge in [0.15, 0.2) is 0 Å². The van der Waals surface area contributed by atoms with Crippen molar-refractivity contribution in [1.82, 2.24) is 0 Å². The number of nitrogens with zero attached hydrogens (tertiary/aromatic N) is 2. The van der Waals surface area contributed by atoms with Gasteiger partial charge in [-0.15, -0.1) is 22.7 Å². The van der Waals surface area contributed by atoms with E-state index < -0.39 is 0 Å². The Balaban J connectivity index is 1.29. The summed E-state index contributed by atoms with van der Waals surface area (Å²) in [7, 11) is 0. The summed E-state index contributed by atoms with van der Waals surface area (Å²) in [6.45, 7) is 4.53. The number of benzene rings is 7. The maximum atomic E-state index is 2.63. The van der Waals surface area contributed by atoms with Gasteiger partial charge in [0.2, 0.25) is 0 Å². The maximum absolute atomic E-state index is 2.63. The molecular formula is C48H40N2S2. The maximum Gasteiger partial charge on any atom is 0.0434 e. The highest BCUT2D eigenvalue weighted by molar-refractivity contribution is 7.26. The molecular weight excluding hydrogens is 669 g/mol. The summed E-state index contributed by atoms with van der Waals surface area (Å²) >= 11 is 3.89. The van der Waals surface area contributed by atoms with Crippen molar-refractivity contribution in [2.75, 3.05) is 36.0 Å². The van der Waals surface area contributed by atoms with E-state index in [0.717, 1.165) is 26.2 Å². The third-order valence-electron chi connectivity index (χ3n) is 11.9. The van der Waals surface area contributed by atoms with Crippen LogP contribution in [0.2, 0.25) is 0 Å². The molecule has 254 valence electrons. The van der Waals surface area contributed by atoms with Crippen molar-refractivity contribution in [3.8, 4) is 22.3 Å². The van der Waals surface area contributed by atoms with Gasteiger partial charge in [-0.2, -0.15) is 0 Å². The van der Waals surface area contributed by atoms with Gasteiger partial charge in [-0.05, 0) is 108 Å². The minimum Gasteiger partial charge on any atom is -0.372 e. The first-order valence-electron chi connectivity index (χ1n) is 19.1. The van der Waals surface area contributed by atoms with Crippen LogP contribution in [0.5, 0.6) is 0 Å². The smallest absolute Gasteiger partial charge is 0.0434 e. The molecule has 0 radical (unpaired) electrons. The highest BCUT2D eigenvalue weighted by Crippen LogP contribution is 2.51. The number of hydrogen-bond donors (Lipinski definition) is 0. The van der Waals surface area contributed by atoms with Crippen molar-refractivity contribution in [1.29, 1.82) is 0 Å². The van der Waals surface area contributed by atoms with E-state index in [-0.39, 0.29) is 0 Å². The topological polar surface area (TPSA) is 6.48 Å². The Morgan fingerprint density at radius 3 is 1.23 bits per heavy atom. The summed E-state index contributed by atoms with van der Waals surface area (Å²) in [6.07, 6.45) is 7.72. The lowest BCUT2D eigenvalue weighted by Crippen LogP contribution is -2.29. The Labute approximate surface area is 312 Å². The van der Waals surface area contributed by atoms with Crippen molar-refractivity contribution in [3.63, 3.8) is 0 Å². The molecule has 52 heavy (non-hydrogen) atoms. The third kappa shape index (κ3) is 4.81. The van der Waals surface area contributed by atoms with Crippen LogP contribution >= 0.6 is 22.7 Å². The Hall–Kier alpha value is -4.90. The quantitative estimate of drug-likeness (QED) is 0.168. The second-order valence-electron chi connectivity index (χ2n) is 14.9. The fourth-order valence-electron chi connectivity index (χ4n) is 9.37. The lowest BCUT2D eigenvalue weighted by molar-refractivity contribution is 0.578. The molecule has 0 unspecified atom stereocenters. The molecule has 7 aromatic carbocycles. The van der Waals surface area contributed by atoms with Gasteiger partial charge in [0.1, 0.15) is 0 Å².